The molecular formula is C14H19FN2O2. The molecule has 1 aromatic rings. The molecular weight excluding hydrogens is 247 g/mol. The Hall–Kier alpha value is -1.46. The number of rotatable bonds is 5. The zero-order valence-electron chi connectivity index (χ0n) is 10.8. The van der Waals surface area contributed by atoms with Crippen LogP contribution in [0.25, 0.3) is 0 Å². The number of nitrogens with two attached hydrogens (primary N) is 1. The molecule has 1 heterocycles. The van der Waals surface area contributed by atoms with Gasteiger partial charge in [0.1, 0.15) is 12.4 Å². The minimum absolute atomic E-state index is 0.0161. The van der Waals surface area contributed by atoms with Crippen LogP contribution in [0.15, 0.2) is 24.3 Å². The first-order chi connectivity index (χ1) is 9.20. The second kappa shape index (κ2) is 6.63. The summed E-state index contributed by atoms with van der Waals surface area (Å²) >= 11 is 0. The van der Waals surface area contributed by atoms with Crippen LogP contribution in [0.3, 0.4) is 0 Å². The molecule has 5 heteroatoms. The van der Waals surface area contributed by atoms with Crippen molar-refractivity contribution in [3.63, 3.8) is 0 Å². The highest BCUT2D eigenvalue weighted by Gasteiger charge is 2.28. The number of benzene rings is 1. The maximum absolute atomic E-state index is 12.9. The third-order valence-corrected chi connectivity index (χ3v) is 3.30. The average Bonchev–Trinajstić information content (AvgIpc) is 2.42. The zero-order valence-corrected chi connectivity index (χ0v) is 10.8. The molecule has 1 atom stereocenters. The Balaban J connectivity index is 2.04. The number of ether oxygens (including phenoxy) is 1. The van der Waals surface area contributed by atoms with Gasteiger partial charge in [-0.2, -0.15) is 0 Å². The van der Waals surface area contributed by atoms with Crippen molar-refractivity contribution in [1.29, 1.82) is 0 Å². The Morgan fingerprint density at radius 3 is 2.79 bits per heavy atom. The molecule has 1 aliphatic heterocycles. The van der Waals surface area contributed by atoms with E-state index in [1.807, 2.05) is 4.90 Å². The number of morpholine rings is 1. The van der Waals surface area contributed by atoms with Gasteiger partial charge in [-0.25, -0.2) is 4.39 Å². The molecule has 0 bridgehead atoms. The molecule has 0 spiro atoms. The van der Waals surface area contributed by atoms with Crippen molar-refractivity contribution in [2.45, 2.75) is 25.4 Å². The van der Waals surface area contributed by atoms with Crippen molar-refractivity contribution in [3.05, 3.63) is 35.6 Å². The van der Waals surface area contributed by atoms with E-state index in [2.05, 4.69) is 0 Å². The number of hydrogen-bond acceptors (Lipinski definition) is 3. The van der Waals surface area contributed by atoms with Crippen molar-refractivity contribution in [3.8, 4) is 0 Å². The molecule has 104 valence electrons. The summed E-state index contributed by atoms with van der Waals surface area (Å²) in [7, 11) is 0. The van der Waals surface area contributed by atoms with Crippen LogP contribution in [0.5, 0.6) is 0 Å². The topological polar surface area (TPSA) is 55.6 Å². The van der Waals surface area contributed by atoms with Gasteiger partial charge >= 0.3 is 0 Å². The summed E-state index contributed by atoms with van der Waals surface area (Å²) in [6.07, 6.45) is 1.70. The van der Waals surface area contributed by atoms with E-state index >= 15 is 0 Å². The van der Waals surface area contributed by atoms with Crippen molar-refractivity contribution in [2.24, 2.45) is 5.73 Å². The molecule has 2 rings (SSSR count). The Bertz CT molecular complexity index is 422. The van der Waals surface area contributed by atoms with E-state index < -0.39 is 0 Å². The fraction of sp³-hybridized carbons (Fsp3) is 0.500. The molecule has 1 unspecified atom stereocenters. The number of carbonyl (C=O) groups excluding carboxylic acids is 1. The third-order valence-electron chi connectivity index (χ3n) is 3.30. The summed E-state index contributed by atoms with van der Waals surface area (Å²) in [5.74, 6) is -0.283. The summed E-state index contributed by atoms with van der Waals surface area (Å²) in [6, 6.07) is 6.30. The fourth-order valence-electron chi connectivity index (χ4n) is 2.26. The van der Waals surface area contributed by atoms with Gasteiger partial charge < -0.3 is 15.4 Å². The molecule has 2 N–H and O–H groups in total. The Kier molecular flexibility index (Phi) is 4.87. The summed E-state index contributed by atoms with van der Waals surface area (Å²) in [5.41, 5.74) is 6.43. The van der Waals surface area contributed by atoms with Crippen LogP contribution in [0.2, 0.25) is 0 Å². The lowest BCUT2D eigenvalue weighted by Gasteiger charge is -2.35. The highest BCUT2D eigenvalue weighted by Crippen LogP contribution is 2.17. The van der Waals surface area contributed by atoms with Crippen molar-refractivity contribution in [1.82, 2.24) is 4.90 Å². The van der Waals surface area contributed by atoms with E-state index in [0.29, 0.717) is 19.7 Å². The lowest BCUT2D eigenvalue weighted by Crippen LogP contribution is -2.48. The number of amides is 1. The molecule has 1 aromatic carbocycles. The van der Waals surface area contributed by atoms with Gasteiger partial charge in [0.15, 0.2) is 0 Å². The summed E-state index contributed by atoms with van der Waals surface area (Å²) in [5, 5.41) is 0. The summed E-state index contributed by atoms with van der Waals surface area (Å²) in [4.78, 5) is 13.7. The monoisotopic (exact) mass is 266 g/mol. The number of carbonyl (C=O) groups is 1. The van der Waals surface area contributed by atoms with Crippen molar-refractivity contribution in [2.75, 3.05) is 19.8 Å². The molecule has 1 fully saturated rings. The minimum Gasteiger partial charge on any atom is -0.369 e. The number of halogens is 1. The molecule has 0 radical (unpaired) electrons. The predicted octanol–water partition coefficient (Wildman–Crippen LogP) is 1.29. The van der Waals surface area contributed by atoms with Crippen LogP contribution in [0, 0.1) is 5.82 Å². The van der Waals surface area contributed by atoms with Crippen LogP contribution < -0.4 is 5.73 Å². The van der Waals surface area contributed by atoms with Gasteiger partial charge in [0.25, 0.3) is 0 Å². The molecule has 1 amide bonds. The Labute approximate surface area is 112 Å². The van der Waals surface area contributed by atoms with E-state index in [1.54, 1.807) is 12.1 Å². The van der Waals surface area contributed by atoms with Crippen LogP contribution >= 0.6 is 0 Å². The zero-order chi connectivity index (χ0) is 13.7. The molecule has 0 saturated carbocycles. The van der Waals surface area contributed by atoms with Crippen LogP contribution in [-0.4, -0.2) is 36.6 Å². The average molecular weight is 266 g/mol. The van der Waals surface area contributed by atoms with Crippen molar-refractivity contribution >= 4 is 5.91 Å². The third kappa shape index (κ3) is 3.75. The SMILES string of the molecule is NCCCC1COCC(=O)N1Cc1ccc(F)cc1. The quantitative estimate of drug-likeness (QED) is 0.873. The Morgan fingerprint density at radius 2 is 2.11 bits per heavy atom. The molecule has 4 nitrogen and oxygen atoms in total. The maximum atomic E-state index is 12.9. The number of hydrogen-bond donors (Lipinski definition) is 1. The summed E-state index contributed by atoms with van der Waals surface area (Å²) < 4.78 is 18.2. The smallest absolute Gasteiger partial charge is 0.249 e. The van der Waals surface area contributed by atoms with E-state index in [0.717, 1.165) is 18.4 Å². The highest BCUT2D eigenvalue weighted by atomic mass is 19.1. The van der Waals surface area contributed by atoms with Crippen LogP contribution in [0.1, 0.15) is 18.4 Å². The largest absolute Gasteiger partial charge is 0.369 e. The van der Waals surface area contributed by atoms with E-state index in [1.165, 1.54) is 12.1 Å². The Morgan fingerprint density at radius 1 is 1.37 bits per heavy atom. The molecule has 0 aromatic heterocycles. The van der Waals surface area contributed by atoms with Gasteiger partial charge in [0.05, 0.1) is 12.6 Å². The van der Waals surface area contributed by atoms with Gasteiger partial charge in [-0.1, -0.05) is 12.1 Å². The first-order valence-corrected chi connectivity index (χ1v) is 6.52. The normalized spacial score (nSPS) is 19.8. The van der Waals surface area contributed by atoms with Crippen LogP contribution in [-0.2, 0) is 16.1 Å². The van der Waals surface area contributed by atoms with Gasteiger partial charge in [0.2, 0.25) is 5.91 Å². The highest BCUT2D eigenvalue weighted by molar-refractivity contribution is 5.78. The van der Waals surface area contributed by atoms with E-state index in [-0.39, 0.29) is 24.4 Å². The second-order valence-corrected chi connectivity index (χ2v) is 4.75. The van der Waals surface area contributed by atoms with E-state index in [4.69, 9.17) is 10.5 Å². The molecule has 1 saturated heterocycles. The van der Waals surface area contributed by atoms with E-state index in [9.17, 15) is 9.18 Å². The molecule has 1 aliphatic rings. The van der Waals surface area contributed by atoms with Gasteiger partial charge in [-0.3, -0.25) is 4.79 Å². The lowest BCUT2D eigenvalue weighted by atomic mass is 10.1. The first-order valence-electron chi connectivity index (χ1n) is 6.52. The standard InChI is InChI=1S/C14H19FN2O2/c15-12-5-3-11(4-6-12)8-17-13(2-1-7-16)9-19-10-14(17)18/h3-6,13H,1-2,7-10,16H2. The van der Waals surface area contributed by atoms with Gasteiger partial charge in [-0.05, 0) is 37.1 Å². The first kappa shape index (κ1) is 14.0. The molecule has 19 heavy (non-hydrogen) atoms. The second-order valence-electron chi connectivity index (χ2n) is 4.75. The minimum atomic E-state index is -0.267. The van der Waals surface area contributed by atoms with Gasteiger partial charge in [0, 0.05) is 6.54 Å². The van der Waals surface area contributed by atoms with Gasteiger partial charge in [-0.15, -0.1) is 0 Å². The number of nitrogens with zero attached hydrogens (tertiary/aromatic N) is 1. The maximum Gasteiger partial charge on any atom is 0.249 e. The lowest BCUT2D eigenvalue weighted by molar-refractivity contribution is -0.149. The molecule has 0 aliphatic carbocycles. The summed E-state index contributed by atoms with van der Waals surface area (Å²) in [6.45, 7) is 1.78. The predicted molar refractivity (Wildman–Crippen MR) is 69.8 cm³/mol. The fourth-order valence-corrected chi connectivity index (χ4v) is 2.26. The van der Waals surface area contributed by atoms with Crippen LogP contribution in [0.4, 0.5) is 4.39 Å². The van der Waals surface area contributed by atoms with Crippen molar-refractivity contribution < 1.29 is 13.9 Å².